The van der Waals surface area contributed by atoms with Crippen LogP contribution in [-0.4, -0.2) is 22.9 Å². The third kappa shape index (κ3) is 5.14. The highest BCUT2D eigenvalue weighted by Gasteiger charge is 2.20. The Balaban J connectivity index is 2.06. The Kier molecular flexibility index (Phi) is 5.90. The van der Waals surface area contributed by atoms with Crippen LogP contribution in [0.2, 0.25) is 0 Å². The van der Waals surface area contributed by atoms with Gasteiger partial charge in [-0.1, -0.05) is 31.3 Å². The summed E-state index contributed by atoms with van der Waals surface area (Å²) in [5.41, 5.74) is 0.905. The second-order valence-corrected chi connectivity index (χ2v) is 4.33. The first-order chi connectivity index (χ1) is 7.72. The maximum Gasteiger partial charge on any atom is 0.303 e. The van der Waals surface area contributed by atoms with Gasteiger partial charge in [-0.3, -0.25) is 4.79 Å². The maximum absolute atomic E-state index is 10.4. The lowest BCUT2D eigenvalue weighted by atomic mass is 10.0. The molecule has 0 aromatic carbocycles. The van der Waals surface area contributed by atoms with Gasteiger partial charge < -0.3 is 9.94 Å². The number of hydrogen-bond donors (Lipinski definition) is 1. The standard InChI is InChI=1S/C12H21NO3/c1-2-3-4-5-6-11-9-10(13-16-11)7-8-12(14)15/h11H,2-9H2,1H3,(H,14,15). The number of nitrogens with zero attached hydrogens (tertiary/aromatic N) is 1. The molecular formula is C12H21NO3. The van der Waals surface area contributed by atoms with Gasteiger partial charge in [0.05, 0.1) is 12.1 Å². The fraction of sp³-hybridized carbons (Fsp3) is 0.833. The molecule has 1 unspecified atom stereocenters. The summed E-state index contributed by atoms with van der Waals surface area (Å²) in [5, 5.41) is 12.5. The van der Waals surface area contributed by atoms with E-state index in [1.54, 1.807) is 0 Å². The highest BCUT2D eigenvalue weighted by molar-refractivity contribution is 5.87. The number of unbranched alkanes of at least 4 members (excludes halogenated alkanes) is 3. The van der Waals surface area contributed by atoms with Crippen molar-refractivity contribution in [2.75, 3.05) is 0 Å². The quantitative estimate of drug-likeness (QED) is 0.648. The van der Waals surface area contributed by atoms with Crippen molar-refractivity contribution in [2.24, 2.45) is 5.16 Å². The second-order valence-electron chi connectivity index (χ2n) is 4.33. The Morgan fingerprint density at radius 2 is 2.31 bits per heavy atom. The molecule has 1 rings (SSSR count). The molecule has 0 fully saturated rings. The summed E-state index contributed by atoms with van der Waals surface area (Å²) in [6, 6.07) is 0. The van der Waals surface area contributed by atoms with Gasteiger partial charge in [0, 0.05) is 6.42 Å². The van der Waals surface area contributed by atoms with Crippen molar-refractivity contribution >= 4 is 11.7 Å². The van der Waals surface area contributed by atoms with Crippen LogP contribution >= 0.6 is 0 Å². The van der Waals surface area contributed by atoms with E-state index in [1.807, 2.05) is 0 Å². The molecule has 1 atom stereocenters. The van der Waals surface area contributed by atoms with Gasteiger partial charge in [-0.25, -0.2) is 0 Å². The van der Waals surface area contributed by atoms with Gasteiger partial charge in [-0.05, 0) is 19.3 Å². The van der Waals surface area contributed by atoms with Crippen LogP contribution in [0.1, 0.15) is 58.3 Å². The first-order valence-corrected chi connectivity index (χ1v) is 6.15. The fourth-order valence-electron chi connectivity index (χ4n) is 1.84. The van der Waals surface area contributed by atoms with Crippen LogP contribution in [-0.2, 0) is 9.63 Å². The molecular weight excluding hydrogens is 206 g/mol. The maximum atomic E-state index is 10.4. The van der Waals surface area contributed by atoms with Crippen LogP contribution in [0.3, 0.4) is 0 Å². The SMILES string of the molecule is CCCCCCC1CC(CCC(=O)O)=NO1. The lowest BCUT2D eigenvalue weighted by Gasteiger charge is -2.06. The monoisotopic (exact) mass is 227 g/mol. The Morgan fingerprint density at radius 1 is 1.50 bits per heavy atom. The van der Waals surface area contributed by atoms with Gasteiger partial charge in [-0.2, -0.15) is 0 Å². The first kappa shape index (κ1) is 13.0. The molecule has 0 bridgehead atoms. The second kappa shape index (κ2) is 7.25. The molecule has 1 N–H and O–H groups in total. The zero-order valence-electron chi connectivity index (χ0n) is 9.95. The fourth-order valence-corrected chi connectivity index (χ4v) is 1.84. The van der Waals surface area contributed by atoms with Crippen molar-refractivity contribution in [3.63, 3.8) is 0 Å². The summed E-state index contributed by atoms with van der Waals surface area (Å²) in [6.07, 6.45) is 7.69. The highest BCUT2D eigenvalue weighted by Crippen LogP contribution is 2.19. The molecule has 0 amide bonds. The van der Waals surface area contributed by atoms with E-state index in [-0.39, 0.29) is 12.5 Å². The van der Waals surface area contributed by atoms with Gasteiger partial charge in [0.15, 0.2) is 0 Å². The van der Waals surface area contributed by atoms with E-state index < -0.39 is 5.97 Å². The summed E-state index contributed by atoms with van der Waals surface area (Å²) in [4.78, 5) is 15.7. The highest BCUT2D eigenvalue weighted by atomic mass is 16.6. The van der Waals surface area contributed by atoms with E-state index in [9.17, 15) is 4.79 Å². The van der Waals surface area contributed by atoms with E-state index in [4.69, 9.17) is 9.94 Å². The minimum atomic E-state index is -0.769. The lowest BCUT2D eigenvalue weighted by Crippen LogP contribution is -2.08. The Labute approximate surface area is 96.7 Å². The van der Waals surface area contributed by atoms with Crippen LogP contribution in [0.5, 0.6) is 0 Å². The number of carboxylic acids is 1. The van der Waals surface area contributed by atoms with Crippen LogP contribution in [0.25, 0.3) is 0 Å². The Bertz CT molecular complexity index is 251. The summed E-state index contributed by atoms with van der Waals surface area (Å²) in [5.74, 6) is -0.769. The molecule has 0 spiro atoms. The van der Waals surface area contributed by atoms with Crippen molar-refractivity contribution in [1.29, 1.82) is 0 Å². The molecule has 0 aliphatic carbocycles. The number of carbonyl (C=O) groups is 1. The first-order valence-electron chi connectivity index (χ1n) is 6.15. The summed E-state index contributed by atoms with van der Waals surface area (Å²) in [7, 11) is 0. The molecule has 16 heavy (non-hydrogen) atoms. The van der Waals surface area contributed by atoms with E-state index in [0.29, 0.717) is 6.42 Å². The predicted molar refractivity (Wildman–Crippen MR) is 62.6 cm³/mol. The molecule has 0 aromatic heterocycles. The van der Waals surface area contributed by atoms with E-state index in [1.165, 1.54) is 25.7 Å². The Hall–Kier alpha value is -1.06. The van der Waals surface area contributed by atoms with Gasteiger partial charge >= 0.3 is 5.97 Å². The number of rotatable bonds is 8. The van der Waals surface area contributed by atoms with Crippen molar-refractivity contribution in [3.05, 3.63) is 0 Å². The molecule has 4 nitrogen and oxygen atoms in total. The van der Waals surface area contributed by atoms with Crippen LogP contribution in [0.15, 0.2) is 5.16 Å². The average Bonchev–Trinajstić information content (AvgIpc) is 2.70. The average molecular weight is 227 g/mol. The van der Waals surface area contributed by atoms with Crippen LogP contribution in [0.4, 0.5) is 0 Å². The summed E-state index contributed by atoms with van der Waals surface area (Å²) < 4.78 is 0. The molecule has 92 valence electrons. The molecule has 4 heteroatoms. The number of hydrogen-bond acceptors (Lipinski definition) is 3. The number of oxime groups is 1. The van der Waals surface area contributed by atoms with E-state index in [2.05, 4.69) is 12.1 Å². The van der Waals surface area contributed by atoms with Crippen molar-refractivity contribution in [1.82, 2.24) is 0 Å². The third-order valence-corrected chi connectivity index (χ3v) is 2.80. The van der Waals surface area contributed by atoms with Gasteiger partial charge in [0.1, 0.15) is 6.10 Å². The van der Waals surface area contributed by atoms with Crippen molar-refractivity contribution < 1.29 is 14.7 Å². The number of aliphatic carboxylic acids is 1. The van der Waals surface area contributed by atoms with Crippen molar-refractivity contribution in [2.45, 2.75) is 64.4 Å². The summed E-state index contributed by atoms with van der Waals surface area (Å²) >= 11 is 0. The van der Waals surface area contributed by atoms with E-state index in [0.717, 1.165) is 18.6 Å². The summed E-state index contributed by atoms with van der Waals surface area (Å²) in [6.45, 7) is 2.19. The topological polar surface area (TPSA) is 58.9 Å². The van der Waals surface area contributed by atoms with Crippen LogP contribution < -0.4 is 0 Å². The zero-order chi connectivity index (χ0) is 11.8. The Morgan fingerprint density at radius 3 is 3.00 bits per heavy atom. The largest absolute Gasteiger partial charge is 0.481 e. The smallest absolute Gasteiger partial charge is 0.303 e. The molecule has 1 heterocycles. The number of carboxylic acid groups (broad SMARTS) is 1. The van der Waals surface area contributed by atoms with E-state index >= 15 is 0 Å². The minimum absolute atomic E-state index is 0.157. The van der Waals surface area contributed by atoms with Gasteiger partial charge in [-0.15, -0.1) is 0 Å². The molecule has 1 aliphatic rings. The molecule has 1 aliphatic heterocycles. The van der Waals surface area contributed by atoms with Crippen molar-refractivity contribution in [3.8, 4) is 0 Å². The van der Waals surface area contributed by atoms with Crippen LogP contribution in [0, 0.1) is 0 Å². The molecule has 0 saturated carbocycles. The van der Waals surface area contributed by atoms with Gasteiger partial charge in [0.2, 0.25) is 0 Å². The zero-order valence-corrected chi connectivity index (χ0v) is 9.95. The molecule has 0 aromatic rings. The predicted octanol–water partition coefficient (Wildman–Crippen LogP) is 2.97. The molecule has 0 saturated heterocycles. The lowest BCUT2D eigenvalue weighted by molar-refractivity contribution is -0.136. The normalized spacial score (nSPS) is 19.3. The van der Waals surface area contributed by atoms with Gasteiger partial charge in [0.25, 0.3) is 0 Å². The third-order valence-electron chi connectivity index (χ3n) is 2.80. The molecule has 0 radical (unpaired) electrons. The minimum Gasteiger partial charge on any atom is -0.481 e.